The average Bonchev–Trinajstić information content (AvgIpc) is 2.23. The summed E-state index contributed by atoms with van der Waals surface area (Å²) in [4.78, 5) is 2.64. The molecule has 2 aromatic rings. The Morgan fingerprint density at radius 1 is 0.941 bits per heavy atom. The molecular formula is C15H15BrS. The van der Waals surface area contributed by atoms with Gasteiger partial charge < -0.3 is 0 Å². The lowest BCUT2D eigenvalue weighted by molar-refractivity contribution is 1.18. The van der Waals surface area contributed by atoms with Crippen LogP contribution in [-0.4, -0.2) is 0 Å². The van der Waals surface area contributed by atoms with Gasteiger partial charge in [-0.05, 0) is 50.1 Å². The molecule has 0 N–H and O–H groups in total. The highest BCUT2D eigenvalue weighted by molar-refractivity contribution is 9.10. The number of hydrogen-bond donors (Lipinski definition) is 0. The topological polar surface area (TPSA) is 0 Å². The molecule has 0 bridgehead atoms. The second-order valence-corrected chi connectivity index (χ2v) is 6.29. The second-order valence-electron chi connectivity index (χ2n) is 4.29. The molecule has 2 heteroatoms. The quantitative estimate of drug-likeness (QED) is 0.703. The van der Waals surface area contributed by atoms with Gasteiger partial charge in [0.2, 0.25) is 0 Å². The van der Waals surface area contributed by atoms with E-state index in [1.165, 1.54) is 26.5 Å². The minimum absolute atomic E-state index is 1.13. The standard InChI is InChI=1S/C15H15BrS/c1-10-7-11(2)15(12(3)8-10)17-14-6-4-5-13(16)9-14/h4-9H,1-3H3. The van der Waals surface area contributed by atoms with Crippen molar-refractivity contribution in [1.29, 1.82) is 0 Å². The summed E-state index contributed by atoms with van der Waals surface area (Å²) in [7, 11) is 0. The van der Waals surface area contributed by atoms with Gasteiger partial charge in [0, 0.05) is 14.3 Å². The zero-order valence-corrected chi connectivity index (χ0v) is 12.7. The van der Waals surface area contributed by atoms with E-state index in [9.17, 15) is 0 Å². The molecule has 17 heavy (non-hydrogen) atoms. The second kappa shape index (κ2) is 5.28. The molecule has 2 aromatic carbocycles. The maximum Gasteiger partial charge on any atom is 0.0186 e. The lowest BCUT2D eigenvalue weighted by Gasteiger charge is -2.10. The molecule has 0 aromatic heterocycles. The molecule has 2 rings (SSSR count). The Morgan fingerprint density at radius 2 is 1.59 bits per heavy atom. The van der Waals surface area contributed by atoms with E-state index in [2.05, 4.69) is 73.1 Å². The van der Waals surface area contributed by atoms with Crippen molar-refractivity contribution in [3.63, 3.8) is 0 Å². The van der Waals surface area contributed by atoms with Crippen LogP contribution >= 0.6 is 27.7 Å². The van der Waals surface area contributed by atoms with E-state index in [4.69, 9.17) is 0 Å². The third kappa shape index (κ3) is 3.14. The zero-order valence-electron chi connectivity index (χ0n) is 10.3. The molecule has 0 fully saturated rings. The van der Waals surface area contributed by atoms with E-state index in [1.54, 1.807) is 0 Å². The van der Waals surface area contributed by atoms with Gasteiger partial charge in [-0.15, -0.1) is 0 Å². The monoisotopic (exact) mass is 306 g/mol. The first kappa shape index (κ1) is 12.7. The van der Waals surface area contributed by atoms with Crippen molar-refractivity contribution in [2.24, 2.45) is 0 Å². The lowest BCUT2D eigenvalue weighted by atomic mass is 10.1. The van der Waals surface area contributed by atoms with Crippen LogP contribution in [0.3, 0.4) is 0 Å². The summed E-state index contributed by atoms with van der Waals surface area (Å²) in [6.07, 6.45) is 0. The van der Waals surface area contributed by atoms with Crippen molar-refractivity contribution >= 4 is 27.7 Å². The van der Waals surface area contributed by atoms with Crippen molar-refractivity contribution in [2.45, 2.75) is 30.6 Å². The Morgan fingerprint density at radius 3 is 2.18 bits per heavy atom. The van der Waals surface area contributed by atoms with E-state index >= 15 is 0 Å². The van der Waals surface area contributed by atoms with Gasteiger partial charge >= 0.3 is 0 Å². The van der Waals surface area contributed by atoms with Crippen molar-refractivity contribution in [3.8, 4) is 0 Å². The van der Waals surface area contributed by atoms with Gasteiger partial charge in [0.1, 0.15) is 0 Å². The molecule has 88 valence electrons. The van der Waals surface area contributed by atoms with Crippen LogP contribution < -0.4 is 0 Å². The largest absolute Gasteiger partial charge is 0.0895 e. The van der Waals surface area contributed by atoms with Crippen LogP contribution in [0.25, 0.3) is 0 Å². The molecule has 0 amide bonds. The molecule has 0 saturated carbocycles. The first-order chi connectivity index (χ1) is 8.06. The molecule has 0 aliphatic heterocycles. The minimum Gasteiger partial charge on any atom is -0.0895 e. The van der Waals surface area contributed by atoms with Crippen LogP contribution in [0.1, 0.15) is 16.7 Å². The SMILES string of the molecule is Cc1cc(C)c(Sc2cccc(Br)c2)c(C)c1. The van der Waals surface area contributed by atoms with Crippen LogP contribution in [0, 0.1) is 20.8 Å². The Labute approximate surface area is 116 Å². The summed E-state index contributed by atoms with van der Waals surface area (Å²) in [5, 5.41) is 0. The number of rotatable bonds is 2. The van der Waals surface area contributed by atoms with Crippen molar-refractivity contribution in [3.05, 3.63) is 57.6 Å². The molecule has 0 unspecified atom stereocenters. The molecule has 0 radical (unpaired) electrons. The highest BCUT2D eigenvalue weighted by Gasteiger charge is 2.06. The fourth-order valence-electron chi connectivity index (χ4n) is 1.98. The number of aryl methyl sites for hydroxylation is 3. The fraction of sp³-hybridized carbons (Fsp3) is 0.200. The predicted molar refractivity (Wildman–Crippen MR) is 78.9 cm³/mol. The number of hydrogen-bond acceptors (Lipinski definition) is 1. The summed E-state index contributed by atoms with van der Waals surface area (Å²) in [6, 6.07) is 12.9. The Balaban J connectivity index is 2.36. The van der Waals surface area contributed by atoms with Crippen LogP contribution in [0.15, 0.2) is 50.7 Å². The minimum atomic E-state index is 1.13. The summed E-state index contributed by atoms with van der Waals surface area (Å²) in [6.45, 7) is 6.51. The van der Waals surface area contributed by atoms with E-state index in [-0.39, 0.29) is 0 Å². The van der Waals surface area contributed by atoms with E-state index < -0.39 is 0 Å². The maximum atomic E-state index is 3.51. The van der Waals surface area contributed by atoms with Crippen LogP contribution in [0.2, 0.25) is 0 Å². The van der Waals surface area contributed by atoms with Gasteiger partial charge in [0.05, 0.1) is 0 Å². The summed E-state index contributed by atoms with van der Waals surface area (Å²) >= 11 is 5.34. The smallest absolute Gasteiger partial charge is 0.0186 e. The van der Waals surface area contributed by atoms with Crippen LogP contribution in [0.5, 0.6) is 0 Å². The molecule has 0 atom stereocenters. The highest BCUT2D eigenvalue weighted by Crippen LogP contribution is 2.34. The van der Waals surface area contributed by atoms with Gasteiger partial charge in [0.15, 0.2) is 0 Å². The van der Waals surface area contributed by atoms with E-state index in [0.717, 1.165) is 4.47 Å². The van der Waals surface area contributed by atoms with Crippen LogP contribution in [-0.2, 0) is 0 Å². The first-order valence-electron chi connectivity index (χ1n) is 5.57. The Kier molecular flexibility index (Phi) is 3.95. The predicted octanol–water partition coefficient (Wildman–Crippen LogP) is 5.53. The molecule has 0 heterocycles. The molecule has 0 aliphatic rings. The summed E-state index contributed by atoms with van der Waals surface area (Å²) in [5.41, 5.74) is 4.04. The van der Waals surface area contributed by atoms with Gasteiger partial charge in [-0.25, -0.2) is 0 Å². The third-order valence-electron chi connectivity index (χ3n) is 2.62. The van der Waals surface area contributed by atoms with Crippen molar-refractivity contribution in [2.75, 3.05) is 0 Å². The number of halogens is 1. The molecule has 0 nitrogen and oxygen atoms in total. The van der Waals surface area contributed by atoms with E-state index in [0.29, 0.717) is 0 Å². The Bertz CT molecular complexity index is 523. The summed E-state index contributed by atoms with van der Waals surface area (Å²) < 4.78 is 1.13. The van der Waals surface area contributed by atoms with Gasteiger partial charge in [-0.2, -0.15) is 0 Å². The van der Waals surface area contributed by atoms with Crippen LogP contribution in [0.4, 0.5) is 0 Å². The van der Waals surface area contributed by atoms with Gasteiger partial charge in [0.25, 0.3) is 0 Å². The zero-order chi connectivity index (χ0) is 12.4. The molecule has 0 saturated heterocycles. The molecule has 0 aliphatic carbocycles. The lowest BCUT2D eigenvalue weighted by Crippen LogP contribution is -1.87. The van der Waals surface area contributed by atoms with Gasteiger partial charge in [-0.3, -0.25) is 0 Å². The average molecular weight is 307 g/mol. The van der Waals surface area contributed by atoms with Crippen molar-refractivity contribution in [1.82, 2.24) is 0 Å². The Hall–Kier alpha value is -0.730. The van der Waals surface area contributed by atoms with E-state index in [1.807, 2.05) is 11.8 Å². The van der Waals surface area contributed by atoms with Gasteiger partial charge in [-0.1, -0.05) is 51.5 Å². The fourth-order valence-corrected chi connectivity index (χ4v) is 3.53. The van der Waals surface area contributed by atoms with Crippen molar-refractivity contribution < 1.29 is 0 Å². The normalized spacial score (nSPS) is 10.6. The molecule has 0 spiro atoms. The first-order valence-corrected chi connectivity index (χ1v) is 7.18. The molecular weight excluding hydrogens is 292 g/mol. The number of benzene rings is 2. The maximum absolute atomic E-state index is 3.51. The third-order valence-corrected chi connectivity index (χ3v) is 4.45. The highest BCUT2D eigenvalue weighted by atomic mass is 79.9. The summed E-state index contributed by atoms with van der Waals surface area (Å²) in [5.74, 6) is 0.